The van der Waals surface area contributed by atoms with Gasteiger partial charge in [-0.15, -0.1) is 0 Å². The average Bonchev–Trinajstić information content (AvgIpc) is 2.38. The molecule has 1 aliphatic carbocycles. The number of ether oxygens (including phenoxy) is 1. The molecule has 0 aromatic rings. The number of hydroxylamine groups is 1. The highest BCUT2D eigenvalue weighted by Gasteiger charge is 2.52. The van der Waals surface area contributed by atoms with E-state index in [0.29, 0.717) is 6.54 Å². The molecule has 2 aliphatic rings. The maximum atomic E-state index is 11.5. The fourth-order valence-electron chi connectivity index (χ4n) is 2.14. The van der Waals surface area contributed by atoms with Crippen molar-refractivity contribution in [1.29, 1.82) is 0 Å². The monoisotopic (exact) mass is 185 g/mol. The zero-order chi connectivity index (χ0) is 9.31. The maximum absolute atomic E-state index is 11.5. The lowest BCUT2D eigenvalue weighted by Crippen LogP contribution is -2.34. The van der Waals surface area contributed by atoms with Crippen LogP contribution in [0.4, 0.5) is 0 Å². The van der Waals surface area contributed by atoms with Gasteiger partial charge < -0.3 is 9.57 Å². The van der Waals surface area contributed by atoms with Crippen molar-refractivity contribution >= 4 is 5.97 Å². The number of carbonyl (C=O) groups excluding carboxylic acids is 1. The SMILES string of the molecule is CONCC1CC2(CCC2)C(=O)O1. The van der Waals surface area contributed by atoms with Crippen molar-refractivity contribution in [2.75, 3.05) is 13.7 Å². The minimum atomic E-state index is -0.111. The molecule has 4 nitrogen and oxygen atoms in total. The Morgan fingerprint density at radius 3 is 2.92 bits per heavy atom. The van der Waals surface area contributed by atoms with Gasteiger partial charge in [-0.25, -0.2) is 0 Å². The van der Waals surface area contributed by atoms with Gasteiger partial charge in [-0.3, -0.25) is 4.79 Å². The lowest BCUT2D eigenvalue weighted by Gasteiger charge is -2.33. The third-order valence-corrected chi connectivity index (χ3v) is 3.09. The molecule has 1 N–H and O–H groups in total. The standard InChI is InChI=1S/C9H15NO3/c1-12-10-6-7-5-9(3-2-4-9)8(11)13-7/h7,10H,2-6H2,1H3. The van der Waals surface area contributed by atoms with Gasteiger partial charge in [-0.1, -0.05) is 6.42 Å². The third kappa shape index (κ3) is 1.44. The summed E-state index contributed by atoms with van der Waals surface area (Å²) >= 11 is 0. The molecule has 0 radical (unpaired) electrons. The van der Waals surface area contributed by atoms with Crippen LogP contribution in [0.2, 0.25) is 0 Å². The van der Waals surface area contributed by atoms with E-state index >= 15 is 0 Å². The quantitative estimate of drug-likeness (QED) is 0.517. The largest absolute Gasteiger partial charge is 0.460 e. The van der Waals surface area contributed by atoms with E-state index in [9.17, 15) is 4.79 Å². The summed E-state index contributed by atoms with van der Waals surface area (Å²) in [6.45, 7) is 0.601. The summed E-state index contributed by atoms with van der Waals surface area (Å²) in [5.74, 6) is 0.00153. The Kier molecular flexibility index (Phi) is 2.26. The normalized spacial score (nSPS) is 30.2. The highest BCUT2D eigenvalue weighted by Crippen LogP contribution is 2.49. The summed E-state index contributed by atoms with van der Waals surface area (Å²) in [6.07, 6.45) is 4.06. The molecular formula is C9H15NO3. The highest BCUT2D eigenvalue weighted by atomic mass is 16.6. The van der Waals surface area contributed by atoms with Gasteiger partial charge in [-0.05, 0) is 12.8 Å². The van der Waals surface area contributed by atoms with Crippen molar-refractivity contribution in [3.63, 3.8) is 0 Å². The second-order valence-electron chi connectivity index (χ2n) is 3.92. The summed E-state index contributed by atoms with van der Waals surface area (Å²) < 4.78 is 5.24. The molecule has 1 saturated heterocycles. The zero-order valence-corrected chi connectivity index (χ0v) is 7.84. The van der Waals surface area contributed by atoms with Crippen LogP contribution in [-0.2, 0) is 14.4 Å². The summed E-state index contributed by atoms with van der Waals surface area (Å²) in [5.41, 5.74) is 2.61. The summed E-state index contributed by atoms with van der Waals surface area (Å²) in [7, 11) is 1.57. The van der Waals surface area contributed by atoms with Gasteiger partial charge >= 0.3 is 5.97 Å². The number of hydrogen-bond acceptors (Lipinski definition) is 4. The lowest BCUT2D eigenvalue weighted by atomic mass is 9.67. The Morgan fingerprint density at radius 1 is 1.69 bits per heavy atom. The highest BCUT2D eigenvalue weighted by molar-refractivity contribution is 5.80. The predicted molar refractivity (Wildman–Crippen MR) is 45.8 cm³/mol. The molecule has 1 spiro atoms. The first kappa shape index (κ1) is 8.97. The van der Waals surface area contributed by atoms with Crippen molar-refractivity contribution in [2.24, 2.45) is 5.41 Å². The first-order valence-corrected chi connectivity index (χ1v) is 4.74. The summed E-state index contributed by atoms with van der Waals surface area (Å²) in [4.78, 5) is 16.2. The number of hydrogen-bond donors (Lipinski definition) is 1. The van der Waals surface area contributed by atoms with Crippen LogP contribution >= 0.6 is 0 Å². The molecular weight excluding hydrogens is 170 g/mol. The molecule has 1 heterocycles. The second-order valence-corrected chi connectivity index (χ2v) is 3.92. The lowest BCUT2D eigenvalue weighted by molar-refractivity contribution is -0.152. The second kappa shape index (κ2) is 3.27. The molecule has 1 atom stereocenters. The van der Waals surface area contributed by atoms with Crippen LogP contribution < -0.4 is 5.48 Å². The molecule has 1 aliphatic heterocycles. The number of rotatable bonds is 3. The van der Waals surface area contributed by atoms with E-state index in [1.54, 1.807) is 7.11 Å². The number of esters is 1. The zero-order valence-electron chi connectivity index (χ0n) is 7.84. The Hall–Kier alpha value is -0.610. The average molecular weight is 185 g/mol. The van der Waals surface area contributed by atoms with Gasteiger partial charge in [0.1, 0.15) is 6.10 Å². The molecule has 13 heavy (non-hydrogen) atoms. The van der Waals surface area contributed by atoms with Gasteiger partial charge in [0.05, 0.1) is 19.1 Å². The topological polar surface area (TPSA) is 47.6 Å². The molecule has 2 rings (SSSR count). The van der Waals surface area contributed by atoms with Gasteiger partial charge in [0.2, 0.25) is 0 Å². The van der Waals surface area contributed by atoms with Crippen molar-refractivity contribution in [2.45, 2.75) is 31.8 Å². The van der Waals surface area contributed by atoms with Gasteiger partial charge in [0.25, 0.3) is 0 Å². The molecule has 1 unspecified atom stereocenters. The van der Waals surface area contributed by atoms with Gasteiger partial charge in [0.15, 0.2) is 0 Å². The van der Waals surface area contributed by atoms with Crippen LogP contribution in [-0.4, -0.2) is 25.7 Å². The Morgan fingerprint density at radius 2 is 2.46 bits per heavy atom. The van der Waals surface area contributed by atoms with E-state index in [4.69, 9.17) is 9.57 Å². The Balaban J connectivity index is 1.88. The fraction of sp³-hybridized carbons (Fsp3) is 0.889. The minimum Gasteiger partial charge on any atom is -0.460 e. The van der Waals surface area contributed by atoms with E-state index in [1.165, 1.54) is 6.42 Å². The fourth-order valence-corrected chi connectivity index (χ4v) is 2.14. The Bertz CT molecular complexity index is 213. The minimum absolute atomic E-state index is 0.00153. The summed E-state index contributed by atoms with van der Waals surface area (Å²) in [5, 5.41) is 0. The molecule has 0 aromatic carbocycles. The molecule has 0 aromatic heterocycles. The number of cyclic esters (lactones) is 1. The maximum Gasteiger partial charge on any atom is 0.312 e. The van der Waals surface area contributed by atoms with Crippen molar-refractivity contribution in [3.05, 3.63) is 0 Å². The van der Waals surface area contributed by atoms with Crippen molar-refractivity contribution < 1.29 is 14.4 Å². The van der Waals surface area contributed by atoms with Crippen molar-refractivity contribution in [3.8, 4) is 0 Å². The van der Waals surface area contributed by atoms with Crippen LogP contribution in [0.5, 0.6) is 0 Å². The van der Waals surface area contributed by atoms with Crippen LogP contribution in [0.3, 0.4) is 0 Å². The van der Waals surface area contributed by atoms with E-state index in [0.717, 1.165) is 19.3 Å². The summed E-state index contributed by atoms with van der Waals surface area (Å²) in [6, 6.07) is 0. The molecule has 4 heteroatoms. The van der Waals surface area contributed by atoms with Crippen molar-refractivity contribution in [1.82, 2.24) is 5.48 Å². The predicted octanol–water partition coefficient (Wildman–Crippen LogP) is 0.623. The first-order valence-electron chi connectivity index (χ1n) is 4.74. The number of carbonyl (C=O) groups is 1. The van der Waals surface area contributed by atoms with Crippen LogP contribution in [0.15, 0.2) is 0 Å². The third-order valence-electron chi connectivity index (χ3n) is 3.09. The van der Waals surface area contributed by atoms with Gasteiger partial charge in [0, 0.05) is 6.42 Å². The van der Waals surface area contributed by atoms with E-state index in [-0.39, 0.29) is 17.5 Å². The van der Waals surface area contributed by atoms with Crippen LogP contribution in [0.1, 0.15) is 25.7 Å². The van der Waals surface area contributed by atoms with Crippen LogP contribution in [0, 0.1) is 5.41 Å². The van der Waals surface area contributed by atoms with E-state index in [1.807, 2.05) is 0 Å². The Labute approximate surface area is 77.5 Å². The first-order chi connectivity index (χ1) is 6.27. The smallest absolute Gasteiger partial charge is 0.312 e. The van der Waals surface area contributed by atoms with E-state index < -0.39 is 0 Å². The molecule has 74 valence electrons. The molecule has 2 fully saturated rings. The molecule has 0 amide bonds. The van der Waals surface area contributed by atoms with E-state index in [2.05, 4.69) is 5.48 Å². The molecule has 1 saturated carbocycles. The van der Waals surface area contributed by atoms with Crippen LogP contribution in [0.25, 0.3) is 0 Å². The molecule has 0 bridgehead atoms. The van der Waals surface area contributed by atoms with Gasteiger partial charge in [-0.2, -0.15) is 5.48 Å². The number of nitrogens with one attached hydrogen (secondary N) is 1.